The van der Waals surface area contributed by atoms with Crippen molar-refractivity contribution in [1.82, 2.24) is 9.38 Å². The number of nitrogens with zero attached hydrogens (tertiary/aromatic N) is 2. The van der Waals surface area contributed by atoms with Crippen molar-refractivity contribution in [2.24, 2.45) is 0 Å². The third-order valence-electron chi connectivity index (χ3n) is 3.51. The number of hydrogen-bond donors (Lipinski definition) is 2. The minimum atomic E-state index is -0.276. The molecule has 0 saturated heterocycles. The van der Waals surface area contributed by atoms with E-state index < -0.39 is 0 Å². The van der Waals surface area contributed by atoms with Crippen molar-refractivity contribution in [3.05, 3.63) is 30.2 Å². The zero-order chi connectivity index (χ0) is 13.7. The first kappa shape index (κ1) is 13.9. The highest BCUT2D eigenvalue weighted by Gasteiger charge is 2.10. The van der Waals surface area contributed by atoms with E-state index in [4.69, 9.17) is 0 Å². The van der Waals surface area contributed by atoms with E-state index in [0.717, 1.165) is 18.4 Å². The molecule has 0 unspecified atom stereocenters. The summed E-state index contributed by atoms with van der Waals surface area (Å²) in [6.07, 6.45) is 10.7. The van der Waals surface area contributed by atoms with Crippen LogP contribution in [0.5, 0.6) is 5.75 Å². The predicted molar refractivity (Wildman–Crippen MR) is 75.3 cm³/mol. The first-order valence-electron chi connectivity index (χ1n) is 7.04. The number of imidazole rings is 1. The van der Waals surface area contributed by atoms with Gasteiger partial charge >= 0.3 is 0 Å². The normalized spacial score (nSPS) is 12.9. The maximum atomic E-state index is 10.1. The molecule has 0 radical (unpaired) electrons. The van der Waals surface area contributed by atoms with Crippen LogP contribution >= 0.6 is 0 Å². The van der Waals surface area contributed by atoms with Gasteiger partial charge in [-0.2, -0.15) is 0 Å². The first-order chi connectivity index (χ1) is 9.22. The molecule has 2 aromatic rings. The molecule has 19 heavy (non-hydrogen) atoms. The van der Waals surface area contributed by atoms with Crippen LogP contribution in [0.25, 0.3) is 5.65 Å². The van der Waals surface area contributed by atoms with Gasteiger partial charge in [0.15, 0.2) is 11.4 Å². The van der Waals surface area contributed by atoms with Crippen LogP contribution in [0.15, 0.2) is 24.7 Å². The Morgan fingerprint density at radius 2 is 2.11 bits per heavy atom. The number of fused-ring (bicyclic) bond motifs is 1. The Morgan fingerprint density at radius 1 is 1.26 bits per heavy atom. The molecule has 0 aliphatic carbocycles. The molecule has 4 nitrogen and oxygen atoms in total. The molecule has 2 aromatic heterocycles. The minimum absolute atomic E-state index is 0.230. The molecular weight excluding hydrogens is 240 g/mol. The van der Waals surface area contributed by atoms with Crippen molar-refractivity contribution in [1.29, 1.82) is 0 Å². The summed E-state index contributed by atoms with van der Waals surface area (Å²) in [7, 11) is 0. The van der Waals surface area contributed by atoms with Gasteiger partial charge in [-0.15, -0.1) is 0 Å². The van der Waals surface area contributed by atoms with E-state index in [1.165, 1.54) is 12.8 Å². The predicted octanol–water partition coefficient (Wildman–Crippen LogP) is 2.91. The molecule has 4 heteroatoms. The van der Waals surface area contributed by atoms with E-state index in [-0.39, 0.29) is 11.9 Å². The average Bonchev–Trinajstić information content (AvgIpc) is 2.87. The summed E-state index contributed by atoms with van der Waals surface area (Å²) < 4.78 is 1.79. The fraction of sp³-hybridized carbons (Fsp3) is 0.533. The summed E-state index contributed by atoms with van der Waals surface area (Å²) in [6, 6.07) is 1.89. The Hall–Kier alpha value is -1.55. The molecule has 2 heterocycles. The van der Waals surface area contributed by atoms with Gasteiger partial charge in [-0.1, -0.05) is 26.2 Å². The van der Waals surface area contributed by atoms with Gasteiger partial charge in [0.1, 0.15) is 0 Å². The van der Waals surface area contributed by atoms with Crippen LogP contribution < -0.4 is 0 Å². The summed E-state index contributed by atoms with van der Waals surface area (Å²) in [4.78, 5) is 4.12. The number of aryl methyl sites for hydroxylation is 1. The summed E-state index contributed by atoms with van der Waals surface area (Å²) in [5.41, 5.74) is 1.44. The molecule has 2 rings (SSSR count). The highest BCUT2D eigenvalue weighted by Crippen LogP contribution is 2.24. The summed E-state index contributed by atoms with van der Waals surface area (Å²) in [5, 5.41) is 20.0. The average molecular weight is 262 g/mol. The lowest BCUT2D eigenvalue weighted by atomic mass is 10.0. The van der Waals surface area contributed by atoms with Gasteiger partial charge in [-0.05, 0) is 30.9 Å². The molecule has 1 atom stereocenters. The highest BCUT2D eigenvalue weighted by molar-refractivity contribution is 5.56. The van der Waals surface area contributed by atoms with Gasteiger partial charge in [0.2, 0.25) is 0 Å². The number of aliphatic hydroxyl groups excluding tert-OH is 1. The molecule has 0 aliphatic rings. The lowest BCUT2D eigenvalue weighted by Gasteiger charge is -2.11. The zero-order valence-corrected chi connectivity index (χ0v) is 11.4. The van der Waals surface area contributed by atoms with E-state index in [2.05, 4.69) is 11.9 Å². The number of aromatic nitrogens is 2. The highest BCUT2D eigenvalue weighted by atomic mass is 16.3. The summed E-state index contributed by atoms with van der Waals surface area (Å²) in [6.45, 7) is 2.16. The van der Waals surface area contributed by atoms with Gasteiger partial charge in [0.05, 0.1) is 6.10 Å². The Kier molecular flexibility index (Phi) is 4.80. The Bertz CT molecular complexity index is 522. The van der Waals surface area contributed by atoms with E-state index in [9.17, 15) is 10.2 Å². The quantitative estimate of drug-likeness (QED) is 0.754. The minimum Gasteiger partial charge on any atom is -0.504 e. The van der Waals surface area contributed by atoms with E-state index in [1.807, 2.05) is 12.3 Å². The van der Waals surface area contributed by atoms with Crippen LogP contribution in [-0.4, -0.2) is 25.7 Å². The number of rotatable bonds is 7. The van der Waals surface area contributed by atoms with Crippen molar-refractivity contribution in [3.63, 3.8) is 0 Å². The van der Waals surface area contributed by atoms with Crippen LogP contribution in [0, 0.1) is 0 Å². The number of unbranched alkanes of at least 4 members (excludes halogenated alkanes) is 2. The summed E-state index contributed by atoms with van der Waals surface area (Å²) in [5.74, 6) is 0.230. The van der Waals surface area contributed by atoms with Crippen LogP contribution in [0.1, 0.15) is 44.6 Å². The Labute approximate surface area is 113 Å². The van der Waals surface area contributed by atoms with Crippen molar-refractivity contribution >= 4 is 5.65 Å². The van der Waals surface area contributed by atoms with E-state index in [0.29, 0.717) is 18.5 Å². The molecule has 0 spiro atoms. The molecule has 0 bridgehead atoms. The van der Waals surface area contributed by atoms with Gasteiger partial charge < -0.3 is 14.6 Å². The van der Waals surface area contributed by atoms with E-state index >= 15 is 0 Å². The lowest BCUT2D eigenvalue weighted by molar-refractivity contribution is 0.151. The lowest BCUT2D eigenvalue weighted by Crippen LogP contribution is -2.08. The second-order valence-electron chi connectivity index (χ2n) is 5.04. The van der Waals surface area contributed by atoms with Crippen molar-refractivity contribution in [3.8, 4) is 5.75 Å². The molecule has 0 aliphatic heterocycles. The van der Waals surface area contributed by atoms with E-state index in [1.54, 1.807) is 16.8 Å². The van der Waals surface area contributed by atoms with Crippen LogP contribution in [0.4, 0.5) is 0 Å². The van der Waals surface area contributed by atoms with Gasteiger partial charge in [-0.25, -0.2) is 4.98 Å². The molecule has 2 N–H and O–H groups in total. The monoisotopic (exact) mass is 262 g/mol. The molecule has 104 valence electrons. The second kappa shape index (κ2) is 6.57. The standard InChI is InChI=1S/C15H22N2O2/c1-2-3-4-5-13(18)7-6-12-8-10-17-11-9-16-15(17)14(12)19/h8-11,13,18-19H,2-7H2,1H3/t13-/m1/s1. The number of hydrogen-bond acceptors (Lipinski definition) is 3. The topological polar surface area (TPSA) is 57.8 Å². The first-order valence-corrected chi connectivity index (χ1v) is 7.04. The molecule has 0 aromatic carbocycles. The Morgan fingerprint density at radius 3 is 2.89 bits per heavy atom. The Balaban J connectivity index is 1.92. The van der Waals surface area contributed by atoms with Crippen molar-refractivity contribution < 1.29 is 10.2 Å². The third kappa shape index (κ3) is 3.47. The molecule has 0 fully saturated rings. The van der Waals surface area contributed by atoms with Crippen molar-refractivity contribution in [2.75, 3.05) is 0 Å². The fourth-order valence-electron chi connectivity index (χ4n) is 2.31. The largest absolute Gasteiger partial charge is 0.504 e. The van der Waals surface area contributed by atoms with Crippen LogP contribution in [-0.2, 0) is 6.42 Å². The SMILES string of the molecule is CCCCC[C@@H](O)CCc1ccn2ccnc2c1O. The van der Waals surface area contributed by atoms with Gasteiger partial charge in [-0.3, -0.25) is 0 Å². The van der Waals surface area contributed by atoms with Gasteiger partial charge in [0.25, 0.3) is 0 Å². The fourth-order valence-corrected chi connectivity index (χ4v) is 2.31. The van der Waals surface area contributed by atoms with Gasteiger partial charge in [0, 0.05) is 18.6 Å². The molecule has 0 amide bonds. The second-order valence-corrected chi connectivity index (χ2v) is 5.04. The smallest absolute Gasteiger partial charge is 0.179 e. The number of aromatic hydroxyl groups is 1. The molecular formula is C15H22N2O2. The summed E-state index contributed by atoms with van der Waals surface area (Å²) >= 11 is 0. The third-order valence-corrected chi connectivity index (χ3v) is 3.51. The van der Waals surface area contributed by atoms with Crippen LogP contribution in [0.2, 0.25) is 0 Å². The maximum absolute atomic E-state index is 10.1. The number of pyridine rings is 1. The maximum Gasteiger partial charge on any atom is 0.179 e. The molecule has 0 saturated carbocycles. The zero-order valence-electron chi connectivity index (χ0n) is 11.4. The van der Waals surface area contributed by atoms with Crippen molar-refractivity contribution in [2.45, 2.75) is 51.6 Å². The van der Waals surface area contributed by atoms with Crippen LogP contribution in [0.3, 0.4) is 0 Å². The number of aliphatic hydroxyl groups is 1.